The topological polar surface area (TPSA) is 40.5 Å². The van der Waals surface area contributed by atoms with Crippen LogP contribution in [0.15, 0.2) is 60.7 Å². The van der Waals surface area contributed by atoms with Gasteiger partial charge < -0.3 is 10.2 Å². The molecule has 0 saturated heterocycles. The molecule has 0 fully saturated rings. The summed E-state index contributed by atoms with van der Waals surface area (Å²) >= 11 is 0. The maximum absolute atomic E-state index is 10.0. The molecule has 0 aliphatic carbocycles. The summed E-state index contributed by atoms with van der Waals surface area (Å²) in [7, 11) is 0. The molecule has 94 valence electrons. The van der Waals surface area contributed by atoms with Crippen LogP contribution in [0.3, 0.4) is 0 Å². The smallest absolute Gasteiger partial charge is 0.0791 e. The molecular weight excluding hydrogens is 224 g/mol. The van der Waals surface area contributed by atoms with Gasteiger partial charge in [0.05, 0.1) is 12.2 Å². The molecule has 0 heterocycles. The first-order chi connectivity index (χ1) is 8.77. The largest absolute Gasteiger partial charge is 0.388 e. The summed E-state index contributed by atoms with van der Waals surface area (Å²) in [4.78, 5) is 0. The molecule has 2 aromatic carbocycles. The van der Waals surface area contributed by atoms with Crippen LogP contribution in [0, 0.1) is 0 Å². The molecule has 0 amide bonds. The molecule has 2 atom stereocenters. The highest BCUT2D eigenvalue weighted by atomic mass is 16.3. The fourth-order valence-corrected chi connectivity index (χ4v) is 2.00. The second-order valence-electron chi connectivity index (χ2n) is 4.43. The third kappa shape index (κ3) is 3.42. The predicted molar refractivity (Wildman–Crippen MR) is 72.0 cm³/mol. The molecule has 0 bridgehead atoms. The van der Waals surface area contributed by atoms with Gasteiger partial charge in [-0.15, -0.1) is 0 Å². The highest BCUT2D eigenvalue weighted by Gasteiger charge is 2.12. The Hall–Kier alpha value is -1.64. The van der Waals surface area contributed by atoms with Crippen molar-refractivity contribution in [3.8, 4) is 0 Å². The number of aliphatic hydroxyl groups is 2. The van der Waals surface area contributed by atoms with Crippen LogP contribution in [0.4, 0.5) is 0 Å². The van der Waals surface area contributed by atoms with E-state index in [1.54, 1.807) is 0 Å². The predicted octanol–water partition coefficient (Wildman–Crippen LogP) is 3.23. The Balaban J connectivity index is 1.89. The van der Waals surface area contributed by atoms with E-state index in [1.807, 2.05) is 60.7 Å². The van der Waals surface area contributed by atoms with E-state index in [4.69, 9.17) is 0 Å². The third-order valence-corrected chi connectivity index (χ3v) is 3.08. The Morgan fingerprint density at radius 1 is 0.611 bits per heavy atom. The van der Waals surface area contributed by atoms with Crippen molar-refractivity contribution >= 4 is 0 Å². The Kier molecular flexibility index (Phi) is 4.51. The minimum atomic E-state index is -0.510. The van der Waals surface area contributed by atoms with Crippen LogP contribution in [-0.4, -0.2) is 10.2 Å². The third-order valence-electron chi connectivity index (χ3n) is 3.08. The monoisotopic (exact) mass is 242 g/mol. The van der Waals surface area contributed by atoms with Crippen LogP contribution in [0.2, 0.25) is 0 Å². The quantitative estimate of drug-likeness (QED) is 0.845. The minimum absolute atomic E-state index is 0.510. The van der Waals surface area contributed by atoms with Gasteiger partial charge in [-0.1, -0.05) is 60.7 Å². The van der Waals surface area contributed by atoms with Crippen LogP contribution in [0.5, 0.6) is 0 Å². The molecule has 0 unspecified atom stereocenters. The molecule has 0 spiro atoms. The molecule has 2 rings (SSSR count). The first-order valence-electron chi connectivity index (χ1n) is 6.23. The second kappa shape index (κ2) is 6.34. The Bertz CT molecular complexity index is 408. The van der Waals surface area contributed by atoms with Gasteiger partial charge in [-0.3, -0.25) is 0 Å². The lowest BCUT2D eigenvalue weighted by Gasteiger charge is -2.14. The molecule has 0 aliphatic heterocycles. The Morgan fingerprint density at radius 3 is 1.28 bits per heavy atom. The molecule has 2 nitrogen and oxygen atoms in total. The van der Waals surface area contributed by atoms with Gasteiger partial charge in [0.1, 0.15) is 0 Å². The van der Waals surface area contributed by atoms with Crippen LogP contribution >= 0.6 is 0 Å². The number of hydrogen-bond donors (Lipinski definition) is 2. The number of benzene rings is 2. The van der Waals surface area contributed by atoms with Crippen molar-refractivity contribution < 1.29 is 10.2 Å². The molecule has 0 radical (unpaired) electrons. The summed E-state index contributed by atoms with van der Waals surface area (Å²) in [5, 5.41) is 20.0. The van der Waals surface area contributed by atoms with E-state index in [0.717, 1.165) is 11.1 Å². The molecule has 0 saturated carbocycles. The van der Waals surface area contributed by atoms with Gasteiger partial charge in [-0.25, -0.2) is 0 Å². The van der Waals surface area contributed by atoms with E-state index in [1.165, 1.54) is 0 Å². The SMILES string of the molecule is O[C@@H](CC[C@H](O)c1ccccc1)c1ccccc1. The Labute approximate surface area is 108 Å². The Morgan fingerprint density at radius 2 is 0.944 bits per heavy atom. The summed E-state index contributed by atoms with van der Waals surface area (Å²) < 4.78 is 0. The molecule has 0 aliphatic rings. The van der Waals surface area contributed by atoms with E-state index in [0.29, 0.717) is 12.8 Å². The van der Waals surface area contributed by atoms with E-state index in [9.17, 15) is 10.2 Å². The lowest BCUT2D eigenvalue weighted by molar-refractivity contribution is 0.115. The van der Waals surface area contributed by atoms with Crippen molar-refractivity contribution in [1.82, 2.24) is 0 Å². The summed E-state index contributed by atoms with van der Waals surface area (Å²) in [6, 6.07) is 19.1. The van der Waals surface area contributed by atoms with Crippen LogP contribution < -0.4 is 0 Å². The average Bonchev–Trinajstić information content (AvgIpc) is 2.46. The molecule has 0 aromatic heterocycles. The van der Waals surface area contributed by atoms with E-state index < -0.39 is 12.2 Å². The van der Waals surface area contributed by atoms with Crippen LogP contribution in [0.1, 0.15) is 36.2 Å². The molecular formula is C16H18O2. The van der Waals surface area contributed by atoms with E-state index in [-0.39, 0.29) is 0 Å². The van der Waals surface area contributed by atoms with Gasteiger partial charge in [-0.2, -0.15) is 0 Å². The first-order valence-corrected chi connectivity index (χ1v) is 6.23. The second-order valence-corrected chi connectivity index (χ2v) is 4.43. The fourth-order valence-electron chi connectivity index (χ4n) is 2.00. The minimum Gasteiger partial charge on any atom is -0.388 e. The van der Waals surface area contributed by atoms with Crippen LogP contribution in [-0.2, 0) is 0 Å². The number of hydrogen-bond acceptors (Lipinski definition) is 2. The van der Waals surface area contributed by atoms with Gasteiger partial charge in [0.25, 0.3) is 0 Å². The standard InChI is InChI=1S/C16H18O2/c17-15(13-7-3-1-4-8-13)11-12-16(18)14-9-5-2-6-10-14/h1-10,15-18H,11-12H2/t15-,16-/m0/s1. The summed E-state index contributed by atoms with van der Waals surface area (Å²) in [6.07, 6.45) is 0.0919. The zero-order valence-corrected chi connectivity index (χ0v) is 10.2. The normalized spacial score (nSPS) is 14.1. The number of rotatable bonds is 5. The van der Waals surface area contributed by atoms with Gasteiger partial charge in [0.15, 0.2) is 0 Å². The van der Waals surface area contributed by atoms with Crippen molar-refractivity contribution in [3.05, 3.63) is 71.8 Å². The van der Waals surface area contributed by atoms with Gasteiger partial charge in [0, 0.05) is 0 Å². The lowest BCUT2D eigenvalue weighted by atomic mass is 9.99. The maximum atomic E-state index is 10.0. The average molecular weight is 242 g/mol. The van der Waals surface area contributed by atoms with E-state index >= 15 is 0 Å². The van der Waals surface area contributed by atoms with Gasteiger partial charge in [0.2, 0.25) is 0 Å². The van der Waals surface area contributed by atoms with Gasteiger partial charge in [-0.05, 0) is 24.0 Å². The zero-order valence-electron chi connectivity index (χ0n) is 10.2. The fraction of sp³-hybridized carbons (Fsp3) is 0.250. The zero-order chi connectivity index (χ0) is 12.8. The van der Waals surface area contributed by atoms with Crippen molar-refractivity contribution in [3.63, 3.8) is 0 Å². The maximum Gasteiger partial charge on any atom is 0.0791 e. The molecule has 18 heavy (non-hydrogen) atoms. The highest BCUT2D eigenvalue weighted by molar-refractivity contribution is 5.19. The first kappa shape index (κ1) is 12.8. The summed E-state index contributed by atoms with van der Waals surface area (Å²) in [5.41, 5.74) is 1.80. The number of aliphatic hydroxyl groups excluding tert-OH is 2. The summed E-state index contributed by atoms with van der Waals surface area (Å²) in [5.74, 6) is 0. The molecule has 2 heteroatoms. The van der Waals surface area contributed by atoms with Crippen molar-refractivity contribution in [2.24, 2.45) is 0 Å². The van der Waals surface area contributed by atoms with Crippen molar-refractivity contribution in [1.29, 1.82) is 0 Å². The van der Waals surface area contributed by atoms with E-state index in [2.05, 4.69) is 0 Å². The summed E-state index contributed by atoms with van der Waals surface area (Å²) in [6.45, 7) is 0. The van der Waals surface area contributed by atoms with Crippen molar-refractivity contribution in [2.75, 3.05) is 0 Å². The molecule has 2 aromatic rings. The molecule has 2 N–H and O–H groups in total. The lowest BCUT2D eigenvalue weighted by Crippen LogP contribution is -2.02. The van der Waals surface area contributed by atoms with Gasteiger partial charge >= 0.3 is 0 Å². The highest BCUT2D eigenvalue weighted by Crippen LogP contribution is 2.24. The van der Waals surface area contributed by atoms with Crippen molar-refractivity contribution in [2.45, 2.75) is 25.0 Å². The van der Waals surface area contributed by atoms with Crippen LogP contribution in [0.25, 0.3) is 0 Å².